The van der Waals surface area contributed by atoms with Crippen molar-refractivity contribution in [1.29, 1.82) is 0 Å². The molecule has 0 saturated carbocycles. The molecule has 9 nitrogen and oxygen atoms in total. The minimum absolute atomic E-state index is 0.0469. The van der Waals surface area contributed by atoms with Crippen LogP contribution < -0.4 is 9.47 Å². The molecule has 0 radical (unpaired) electrons. The number of benzene rings is 1. The van der Waals surface area contributed by atoms with E-state index in [2.05, 4.69) is 4.90 Å². The highest BCUT2D eigenvalue weighted by atomic mass is 35.5. The Bertz CT molecular complexity index is 1020. The number of fused-ring (bicyclic) bond motifs is 1. The monoisotopic (exact) mass is 519 g/mol. The van der Waals surface area contributed by atoms with Gasteiger partial charge in [-0.25, -0.2) is 0 Å². The van der Waals surface area contributed by atoms with Crippen LogP contribution in [0.2, 0.25) is 0 Å². The van der Waals surface area contributed by atoms with Crippen molar-refractivity contribution in [3.8, 4) is 11.5 Å². The van der Waals surface area contributed by atoms with Crippen LogP contribution >= 0.6 is 11.6 Å². The molecule has 10 heteroatoms. The molecule has 0 atom stereocenters. The third-order valence-electron chi connectivity index (χ3n) is 6.41. The minimum atomic E-state index is -0.782. The molecule has 1 fully saturated rings. The zero-order valence-electron chi connectivity index (χ0n) is 20.9. The largest absolute Gasteiger partial charge is 0.467 e. The summed E-state index contributed by atoms with van der Waals surface area (Å²) in [6, 6.07) is 9.25. The number of alkyl halides is 1. The van der Waals surface area contributed by atoms with Crippen LogP contribution in [0.5, 0.6) is 11.5 Å². The molecule has 2 aromatic rings. The van der Waals surface area contributed by atoms with Gasteiger partial charge in [0.05, 0.1) is 38.0 Å². The molecule has 196 valence electrons. The van der Waals surface area contributed by atoms with E-state index in [1.54, 1.807) is 22.1 Å². The van der Waals surface area contributed by atoms with E-state index in [4.69, 9.17) is 30.2 Å². The molecule has 2 aliphatic rings. The van der Waals surface area contributed by atoms with E-state index in [1.807, 2.05) is 38.1 Å². The highest BCUT2D eigenvalue weighted by Gasteiger charge is 2.33. The van der Waals surface area contributed by atoms with E-state index in [1.165, 1.54) is 0 Å². The average Bonchev–Trinajstić information content (AvgIpc) is 3.58. The summed E-state index contributed by atoms with van der Waals surface area (Å²) in [4.78, 5) is 32.6. The van der Waals surface area contributed by atoms with Crippen molar-refractivity contribution in [2.45, 2.75) is 26.9 Å². The van der Waals surface area contributed by atoms with Crippen molar-refractivity contribution in [2.24, 2.45) is 5.41 Å². The summed E-state index contributed by atoms with van der Waals surface area (Å²) in [6.07, 6.45) is 1.58. The van der Waals surface area contributed by atoms with Gasteiger partial charge in [-0.2, -0.15) is 0 Å². The van der Waals surface area contributed by atoms with Gasteiger partial charge in [-0.1, -0.05) is 6.07 Å². The number of furan rings is 1. The van der Waals surface area contributed by atoms with Gasteiger partial charge >= 0.3 is 0 Å². The zero-order chi connectivity index (χ0) is 25.5. The Labute approximate surface area is 216 Å². The van der Waals surface area contributed by atoms with Gasteiger partial charge in [0.25, 0.3) is 0 Å². The SMILES string of the molecule is CC(C)(CCl)C(=O)N(CCN1CCOCC1)CC(=O)N(Cc1ccc2c(c1)OCO2)Cc1ccco1. The third-order valence-corrected chi connectivity index (χ3v) is 7.07. The lowest BCUT2D eigenvalue weighted by molar-refractivity contribution is -0.146. The average molecular weight is 520 g/mol. The zero-order valence-corrected chi connectivity index (χ0v) is 21.7. The maximum atomic E-state index is 13.7. The van der Waals surface area contributed by atoms with Gasteiger partial charge in [0, 0.05) is 38.6 Å². The van der Waals surface area contributed by atoms with Crippen LogP contribution in [0, 0.1) is 5.41 Å². The lowest BCUT2D eigenvalue weighted by Crippen LogP contribution is -2.50. The number of carbonyl (C=O) groups excluding carboxylic acids is 2. The number of hydrogen-bond donors (Lipinski definition) is 0. The molecule has 0 bridgehead atoms. The second kappa shape index (κ2) is 12.0. The van der Waals surface area contributed by atoms with E-state index >= 15 is 0 Å². The molecule has 1 saturated heterocycles. The molecule has 0 aliphatic carbocycles. The first-order valence-electron chi connectivity index (χ1n) is 12.2. The Hall–Kier alpha value is -2.75. The smallest absolute Gasteiger partial charge is 0.242 e. The first-order valence-corrected chi connectivity index (χ1v) is 12.7. The molecule has 1 aromatic heterocycles. The maximum absolute atomic E-state index is 13.7. The third kappa shape index (κ3) is 6.72. The molecule has 0 spiro atoms. The first-order chi connectivity index (χ1) is 17.4. The predicted molar refractivity (Wildman–Crippen MR) is 134 cm³/mol. The van der Waals surface area contributed by atoms with Gasteiger partial charge in [0.1, 0.15) is 5.76 Å². The van der Waals surface area contributed by atoms with Crippen LogP contribution in [0.4, 0.5) is 0 Å². The van der Waals surface area contributed by atoms with Crippen LogP contribution in [0.1, 0.15) is 25.2 Å². The summed E-state index contributed by atoms with van der Waals surface area (Å²) >= 11 is 6.12. The Morgan fingerprint density at radius 1 is 1.06 bits per heavy atom. The first kappa shape index (κ1) is 26.3. The van der Waals surface area contributed by atoms with Crippen molar-refractivity contribution in [3.63, 3.8) is 0 Å². The summed E-state index contributed by atoms with van der Waals surface area (Å²) < 4.78 is 21.9. The summed E-state index contributed by atoms with van der Waals surface area (Å²) in [6.45, 7) is 8.44. The number of rotatable bonds is 11. The Morgan fingerprint density at radius 3 is 2.56 bits per heavy atom. The van der Waals surface area contributed by atoms with Gasteiger partial charge in [-0.15, -0.1) is 11.6 Å². The number of ether oxygens (including phenoxy) is 3. The highest BCUT2D eigenvalue weighted by molar-refractivity contribution is 6.19. The number of halogens is 1. The Kier molecular flexibility index (Phi) is 8.77. The second-order valence-electron chi connectivity index (χ2n) is 9.72. The summed E-state index contributed by atoms with van der Waals surface area (Å²) in [7, 11) is 0. The second-order valence-corrected chi connectivity index (χ2v) is 9.98. The quantitative estimate of drug-likeness (QED) is 0.422. The van der Waals surface area contributed by atoms with Crippen LogP contribution in [0.25, 0.3) is 0 Å². The number of nitrogens with zero attached hydrogens (tertiary/aromatic N) is 3. The molecule has 2 amide bonds. The molecule has 2 aliphatic heterocycles. The summed E-state index contributed by atoms with van der Waals surface area (Å²) in [5.74, 6) is 1.86. The maximum Gasteiger partial charge on any atom is 0.242 e. The van der Waals surface area contributed by atoms with Gasteiger partial charge in [0.2, 0.25) is 18.6 Å². The molecule has 3 heterocycles. The van der Waals surface area contributed by atoms with E-state index < -0.39 is 5.41 Å². The van der Waals surface area contributed by atoms with Crippen LogP contribution in [0.3, 0.4) is 0 Å². The predicted octanol–water partition coefficient (Wildman–Crippen LogP) is 2.96. The van der Waals surface area contributed by atoms with Gasteiger partial charge in [-0.3, -0.25) is 14.5 Å². The summed E-state index contributed by atoms with van der Waals surface area (Å²) in [5.41, 5.74) is 0.113. The topological polar surface area (TPSA) is 84.7 Å². The number of carbonyl (C=O) groups is 2. The van der Waals surface area contributed by atoms with Gasteiger partial charge < -0.3 is 28.4 Å². The van der Waals surface area contributed by atoms with E-state index in [0.29, 0.717) is 50.1 Å². The van der Waals surface area contributed by atoms with Crippen molar-refractivity contribution in [3.05, 3.63) is 47.9 Å². The van der Waals surface area contributed by atoms with E-state index in [9.17, 15) is 9.59 Å². The molecule has 0 N–H and O–H groups in total. The molecule has 4 rings (SSSR count). The molecular weight excluding hydrogens is 486 g/mol. The lowest BCUT2D eigenvalue weighted by atomic mass is 9.94. The molecule has 1 aromatic carbocycles. The summed E-state index contributed by atoms with van der Waals surface area (Å²) in [5, 5.41) is 0. The fraction of sp³-hybridized carbons (Fsp3) is 0.538. The highest BCUT2D eigenvalue weighted by Crippen LogP contribution is 2.33. The van der Waals surface area contributed by atoms with Crippen molar-refractivity contribution >= 4 is 23.4 Å². The number of amides is 2. The Morgan fingerprint density at radius 2 is 1.83 bits per heavy atom. The minimum Gasteiger partial charge on any atom is -0.467 e. The number of hydrogen-bond acceptors (Lipinski definition) is 7. The van der Waals surface area contributed by atoms with Crippen molar-refractivity contribution in [2.75, 3.05) is 58.6 Å². The normalized spacial score (nSPS) is 15.6. The van der Waals surface area contributed by atoms with Gasteiger partial charge in [0.15, 0.2) is 11.5 Å². The van der Waals surface area contributed by atoms with Crippen LogP contribution in [0.15, 0.2) is 41.0 Å². The van der Waals surface area contributed by atoms with Gasteiger partial charge in [-0.05, 0) is 43.7 Å². The van der Waals surface area contributed by atoms with Crippen molar-refractivity contribution in [1.82, 2.24) is 14.7 Å². The Balaban J connectivity index is 1.50. The van der Waals surface area contributed by atoms with E-state index in [-0.39, 0.29) is 37.6 Å². The molecular formula is C26H34ClN3O6. The molecule has 0 unspecified atom stereocenters. The van der Waals surface area contributed by atoms with Crippen LogP contribution in [-0.4, -0.2) is 85.1 Å². The fourth-order valence-electron chi connectivity index (χ4n) is 4.17. The van der Waals surface area contributed by atoms with Crippen molar-refractivity contribution < 1.29 is 28.2 Å². The number of morpholine rings is 1. The van der Waals surface area contributed by atoms with E-state index in [0.717, 1.165) is 18.7 Å². The fourth-order valence-corrected chi connectivity index (χ4v) is 4.28. The molecule has 36 heavy (non-hydrogen) atoms. The lowest BCUT2D eigenvalue weighted by Gasteiger charge is -2.34. The standard InChI is InChI=1S/C26H34ClN3O6/c1-26(2,18-27)25(32)29(8-7-28-9-12-33-13-10-28)17-24(31)30(16-21-4-3-11-34-21)15-20-5-6-22-23(14-20)36-19-35-22/h3-6,11,14H,7-10,12-13,15-19H2,1-2H3. The van der Waals surface area contributed by atoms with Crippen LogP contribution in [-0.2, 0) is 27.4 Å².